The van der Waals surface area contributed by atoms with E-state index in [-0.39, 0.29) is 17.4 Å². The average Bonchev–Trinajstić information content (AvgIpc) is 3.46. The number of rotatable bonds is 4. The maximum atomic E-state index is 11.9. The topological polar surface area (TPSA) is 92.2 Å². The van der Waals surface area contributed by atoms with Crippen LogP contribution < -0.4 is 5.32 Å². The van der Waals surface area contributed by atoms with Gasteiger partial charge in [0, 0.05) is 35.0 Å². The van der Waals surface area contributed by atoms with Crippen LogP contribution in [-0.4, -0.2) is 27.0 Å². The summed E-state index contributed by atoms with van der Waals surface area (Å²) in [6.07, 6.45) is 4.97. The Hall–Kier alpha value is -3.28. The lowest BCUT2D eigenvalue weighted by Crippen LogP contribution is -2.14. The summed E-state index contributed by atoms with van der Waals surface area (Å²) >= 11 is 0. The number of carboxylic acids is 1. The second kappa shape index (κ2) is 6.22. The number of amides is 1. The van der Waals surface area contributed by atoms with Crippen LogP contribution in [0.1, 0.15) is 28.9 Å². The predicted octanol–water partition coefficient (Wildman–Crippen LogP) is 3.65. The fourth-order valence-electron chi connectivity index (χ4n) is 2.89. The van der Waals surface area contributed by atoms with Gasteiger partial charge in [-0.2, -0.15) is 0 Å². The maximum absolute atomic E-state index is 11.9. The minimum atomic E-state index is -1.00. The molecule has 1 fully saturated rings. The van der Waals surface area contributed by atoms with Crippen LogP contribution in [0.4, 0.5) is 5.82 Å². The molecule has 0 radical (unpaired) electrons. The highest BCUT2D eigenvalue weighted by Crippen LogP contribution is 2.31. The highest BCUT2D eigenvalue weighted by Gasteiger charge is 2.29. The second-order valence-corrected chi connectivity index (χ2v) is 6.56. The summed E-state index contributed by atoms with van der Waals surface area (Å²) in [4.78, 5) is 31.6. The number of hydrogen-bond donors (Lipinski definition) is 2. The van der Waals surface area contributed by atoms with E-state index < -0.39 is 5.97 Å². The minimum absolute atomic E-state index is 0.0284. The van der Waals surface area contributed by atoms with Gasteiger partial charge in [-0.25, -0.2) is 9.78 Å². The largest absolute Gasteiger partial charge is 0.478 e. The number of aromatic carboxylic acids is 1. The van der Waals surface area contributed by atoms with Gasteiger partial charge in [-0.15, -0.1) is 0 Å². The first kappa shape index (κ1) is 16.2. The summed E-state index contributed by atoms with van der Waals surface area (Å²) < 4.78 is 0. The van der Waals surface area contributed by atoms with E-state index >= 15 is 0 Å². The molecule has 0 bridgehead atoms. The number of aromatic nitrogens is 2. The van der Waals surface area contributed by atoms with Crippen molar-refractivity contribution in [3.8, 4) is 11.1 Å². The highest BCUT2D eigenvalue weighted by molar-refractivity contribution is 5.96. The Kier molecular flexibility index (Phi) is 3.88. The number of carboxylic acid groups (broad SMARTS) is 1. The quantitative estimate of drug-likeness (QED) is 0.751. The number of anilines is 1. The highest BCUT2D eigenvalue weighted by atomic mass is 16.4. The van der Waals surface area contributed by atoms with Gasteiger partial charge in [0.15, 0.2) is 0 Å². The zero-order valence-corrected chi connectivity index (χ0v) is 14.2. The maximum Gasteiger partial charge on any atom is 0.337 e. The van der Waals surface area contributed by atoms with Crippen LogP contribution >= 0.6 is 0 Å². The molecule has 2 N–H and O–H groups in total. The molecule has 4 rings (SSSR count). The molecule has 3 aromatic rings. The smallest absolute Gasteiger partial charge is 0.337 e. The molecule has 130 valence electrons. The molecule has 2 heterocycles. The Morgan fingerprint density at radius 2 is 1.88 bits per heavy atom. The lowest BCUT2D eigenvalue weighted by atomic mass is 10.00. The van der Waals surface area contributed by atoms with Crippen molar-refractivity contribution in [3.05, 3.63) is 54.0 Å². The molecule has 26 heavy (non-hydrogen) atoms. The number of benzene rings is 1. The molecule has 2 aromatic heterocycles. The van der Waals surface area contributed by atoms with Crippen LogP contribution in [-0.2, 0) is 4.79 Å². The average molecular weight is 347 g/mol. The monoisotopic (exact) mass is 347 g/mol. The standard InChI is InChI=1S/C20H17N3O3/c1-11-17(7-16(10-21-11)20(25)26)14-5-4-13-8-18(22-9-15(13)6-14)23-19(24)12-2-3-12/h4-10,12H,2-3H2,1H3,(H,25,26)(H,22,23,24). The number of carbonyl (C=O) groups is 2. The summed E-state index contributed by atoms with van der Waals surface area (Å²) in [5.74, 6) is -0.294. The Labute approximate surface area is 149 Å². The zero-order chi connectivity index (χ0) is 18.3. The molecule has 0 saturated heterocycles. The molecule has 0 spiro atoms. The zero-order valence-electron chi connectivity index (χ0n) is 14.2. The lowest BCUT2D eigenvalue weighted by Gasteiger charge is -2.09. The van der Waals surface area contributed by atoms with Gasteiger partial charge in [-0.05, 0) is 48.9 Å². The Morgan fingerprint density at radius 1 is 1.08 bits per heavy atom. The third-order valence-electron chi connectivity index (χ3n) is 4.57. The normalized spacial score (nSPS) is 13.6. The van der Waals surface area contributed by atoms with Crippen molar-refractivity contribution in [1.82, 2.24) is 9.97 Å². The minimum Gasteiger partial charge on any atom is -0.478 e. The van der Waals surface area contributed by atoms with Gasteiger partial charge in [0.25, 0.3) is 0 Å². The van der Waals surface area contributed by atoms with Crippen molar-refractivity contribution in [3.63, 3.8) is 0 Å². The van der Waals surface area contributed by atoms with Crippen LogP contribution in [0.5, 0.6) is 0 Å². The van der Waals surface area contributed by atoms with Gasteiger partial charge in [-0.1, -0.05) is 12.1 Å². The van der Waals surface area contributed by atoms with Crippen molar-refractivity contribution in [2.45, 2.75) is 19.8 Å². The van der Waals surface area contributed by atoms with Crippen LogP contribution in [0.3, 0.4) is 0 Å². The van der Waals surface area contributed by atoms with Crippen molar-refractivity contribution in [2.24, 2.45) is 5.92 Å². The number of pyridine rings is 2. The van der Waals surface area contributed by atoms with E-state index in [0.29, 0.717) is 5.82 Å². The molecular formula is C20H17N3O3. The van der Waals surface area contributed by atoms with Crippen molar-refractivity contribution in [2.75, 3.05) is 5.32 Å². The van der Waals surface area contributed by atoms with Crippen molar-refractivity contribution < 1.29 is 14.7 Å². The molecule has 1 saturated carbocycles. The lowest BCUT2D eigenvalue weighted by molar-refractivity contribution is -0.117. The Bertz CT molecular complexity index is 1040. The molecule has 0 atom stereocenters. The van der Waals surface area contributed by atoms with Gasteiger partial charge in [-0.3, -0.25) is 9.78 Å². The van der Waals surface area contributed by atoms with E-state index in [1.165, 1.54) is 6.20 Å². The predicted molar refractivity (Wildman–Crippen MR) is 98.0 cm³/mol. The van der Waals surface area contributed by atoms with Gasteiger partial charge in [0.2, 0.25) is 5.91 Å². The molecule has 1 amide bonds. The number of aryl methyl sites for hydroxylation is 1. The summed E-state index contributed by atoms with van der Waals surface area (Å²) in [5.41, 5.74) is 2.57. The number of hydrogen-bond acceptors (Lipinski definition) is 4. The SMILES string of the molecule is Cc1ncc(C(=O)O)cc1-c1ccc2cc(NC(=O)C3CC3)ncc2c1. The molecule has 1 aliphatic rings. The summed E-state index contributed by atoms with van der Waals surface area (Å²) in [6, 6.07) is 9.28. The van der Waals surface area contributed by atoms with E-state index in [2.05, 4.69) is 15.3 Å². The second-order valence-electron chi connectivity index (χ2n) is 6.56. The summed E-state index contributed by atoms with van der Waals surface area (Å²) in [5, 5.41) is 13.9. The number of carbonyl (C=O) groups excluding carboxylic acids is 1. The molecule has 6 heteroatoms. The van der Waals surface area contributed by atoms with Crippen LogP contribution in [0.2, 0.25) is 0 Å². The van der Waals surface area contributed by atoms with E-state index in [9.17, 15) is 14.7 Å². The first-order valence-corrected chi connectivity index (χ1v) is 8.42. The summed E-state index contributed by atoms with van der Waals surface area (Å²) in [7, 11) is 0. The van der Waals surface area contributed by atoms with Crippen molar-refractivity contribution >= 4 is 28.5 Å². The molecular weight excluding hydrogens is 330 g/mol. The molecule has 6 nitrogen and oxygen atoms in total. The molecule has 1 aromatic carbocycles. The fourth-order valence-corrected chi connectivity index (χ4v) is 2.89. The molecule has 0 unspecified atom stereocenters. The van der Waals surface area contributed by atoms with E-state index in [1.54, 1.807) is 12.3 Å². The van der Waals surface area contributed by atoms with Crippen LogP contribution in [0, 0.1) is 12.8 Å². The van der Waals surface area contributed by atoms with Gasteiger partial charge in [0.05, 0.1) is 5.56 Å². The van der Waals surface area contributed by atoms with E-state index in [0.717, 1.165) is 40.4 Å². The summed E-state index contributed by atoms with van der Waals surface area (Å²) in [6.45, 7) is 1.85. The number of fused-ring (bicyclic) bond motifs is 1. The van der Waals surface area contributed by atoms with Gasteiger partial charge >= 0.3 is 5.97 Å². The number of nitrogens with zero attached hydrogens (tertiary/aromatic N) is 2. The fraction of sp³-hybridized carbons (Fsp3) is 0.200. The van der Waals surface area contributed by atoms with Crippen LogP contribution in [0.15, 0.2) is 42.7 Å². The van der Waals surface area contributed by atoms with Crippen molar-refractivity contribution in [1.29, 1.82) is 0 Å². The third kappa shape index (κ3) is 3.13. The number of nitrogens with one attached hydrogen (secondary N) is 1. The van der Waals surface area contributed by atoms with E-state index in [1.807, 2.05) is 31.2 Å². The van der Waals surface area contributed by atoms with Gasteiger partial charge in [0.1, 0.15) is 5.82 Å². The van der Waals surface area contributed by atoms with Crippen LogP contribution in [0.25, 0.3) is 21.9 Å². The Morgan fingerprint density at radius 3 is 2.62 bits per heavy atom. The first-order chi connectivity index (χ1) is 12.5. The Balaban J connectivity index is 1.68. The first-order valence-electron chi connectivity index (χ1n) is 8.42. The van der Waals surface area contributed by atoms with Gasteiger partial charge < -0.3 is 10.4 Å². The van der Waals surface area contributed by atoms with E-state index in [4.69, 9.17) is 0 Å². The third-order valence-corrected chi connectivity index (χ3v) is 4.57. The molecule has 1 aliphatic carbocycles. The molecule has 0 aliphatic heterocycles.